The average Bonchev–Trinajstić information content (AvgIpc) is 2.67. The van der Waals surface area contributed by atoms with Crippen molar-refractivity contribution < 1.29 is 18.0 Å². The molecule has 2 amide bonds. The molecule has 0 radical (unpaired) electrons. The van der Waals surface area contributed by atoms with Gasteiger partial charge in [0.05, 0.1) is 11.3 Å². The second-order valence-electron chi connectivity index (χ2n) is 6.54. The molecule has 11 heteroatoms. The maximum atomic E-state index is 13.0. The van der Waals surface area contributed by atoms with Crippen molar-refractivity contribution in [2.45, 2.75) is 17.7 Å². The van der Waals surface area contributed by atoms with Gasteiger partial charge in [-0.3, -0.25) is 14.3 Å². The number of sulfonamides is 1. The second kappa shape index (κ2) is 8.56. The van der Waals surface area contributed by atoms with Crippen LogP contribution in [0.25, 0.3) is 0 Å². The number of halogens is 2. The van der Waals surface area contributed by atoms with Crippen molar-refractivity contribution in [3.05, 3.63) is 52.3 Å². The number of nitrogens with two attached hydrogens (primary N) is 1. The van der Waals surface area contributed by atoms with E-state index in [0.29, 0.717) is 25.9 Å². The number of likely N-dealkylation sites (tertiary alicyclic amines) is 1. The Morgan fingerprint density at radius 1 is 1.10 bits per heavy atom. The Hall–Kier alpha value is -2.36. The lowest BCUT2D eigenvalue weighted by Crippen LogP contribution is -2.42. The van der Waals surface area contributed by atoms with E-state index < -0.39 is 10.0 Å². The quantitative estimate of drug-likeness (QED) is 0.669. The molecule has 0 bridgehead atoms. The number of anilines is 1. The lowest BCUT2D eigenvalue weighted by molar-refractivity contribution is -0.123. The SMILES string of the molecule is NC(=O)C1CCN(C(=O)c2ccccc2NS(=O)(=O)c2ccc(Cl)nc2Cl)CC1. The molecule has 1 aromatic carbocycles. The number of amides is 2. The van der Waals surface area contributed by atoms with E-state index in [4.69, 9.17) is 28.9 Å². The molecule has 0 unspecified atom stereocenters. The van der Waals surface area contributed by atoms with E-state index >= 15 is 0 Å². The predicted octanol–water partition coefficient (Wildman–Crippen LogP) is 2.53. The summed E-state index contributed by atoms with van der Waals surface area (Å²) in [5, 5.41) is -0.216. The van der Waals surface area contributed by atoms with Gasteiger partial charge in [0, 0.05) is 19.0 Å². The third-order valence-electron chi connectivity index (χ3n) is 4.66. The highest BCUT2D eigenvalue weighted by Gasteiger charge is 2.28. The first-order chi connectivity index (χ1) is 13.7. The molecule has 1 aliphatic rings. The third kappa shape index (κ3) is 4.80. The largest absolute Gasteiger partial charge is 0.369 e. The first-order valence-corrected chi connectivity index (χ1v) is 11.0. The van der Waals surface area contributed by atoms with Gasteiger partial charge >= 0.3 is 0 Å². The molecular formula is C18H18Cl2N4O4S. The maximum Gasteiger partial charge on any atom is 0.264 e. The summed E-state index contributed by atoms with van der Waals surface area (Å²) in [5.41, 5.74) is 5.63. The number of pyridine rings is 1. The van der Waals surface area contributed by atoms with E-state index in [0.717, 1.165) is 0 Å². The molecule has 2 heterocycles. The van der Waals surface area contributed by atoms with Crippen molar-refractivity contribution >= 4 is 50.7 Å². The van der Waals surface area contributed by atoms with Gasteiger partial charge in [0.1, 0.15) is 10.0 Å². The van der Waals surface area contributed by atoms with Gasteiger partial charge < -0.3 is 10.6 Å². The molecule has 2 aromatic rings. The number of carbonyl (C=O) groups excluding carboxylic acids is 2. The number of hydrogen-bond acceptors (Lipinski definition) is 5. The molecule has 29 heavy (non-hydrogen) atoms. The van der Waals surface area contributed by atoms with Crippen LogP contribution in [-0.2, 0) is 14.8 Å². The summed E-state index contributed by atoms with van der Waals surface area (Å²) in [6, 6.07) is 8.80. The fourth-order valence-corrected chi connectivity index (χ4v) is 4.84. The van der Waals surface area contributed by atoms with Gasteiger partial charge in [0.2, 0.25) is 5.91 Å². The Balaban J connectivity index is 1.84. The number of hydrogen-bond donors (Lipinski definition) is 2. The fraction of sp³-hybridized carbons (Fsp3) is 0.278. The molecule has 0 spiro atoms. The van der Waals surface area contributed by atoms with Crippen LogP contribution in [0.1, 0.15) is 23.2 Å². The normalized spacial score (nSPS) is 15.2. The second-order valence-corrected chi connectivity index (χ2v) is 8.94. The Morgan fingerprint density at radius 2 is 1.76 bits per heavy atom. The Kier molecular flexibility index (Phi) is 6.30. The number of nitrogens with zero attached hydrogens (tertiary/aromatic N) is 2. The van der Waals surface area contributed by atoms with E-state index in [1.807, 2.05) is 0 Å². The lowest BCUT2D eigenvalue weighted by atomic mass is 9.96. The van der Waals surface area contributed by atoms with Crippen molar-refractivity contribution in [1.29, 1.82) is 0 Å². The van der Waals surface area contributed by atoms with Crippen LogP contribution >= 0.6 is 23.2 Å². The van der Waals surface area contributed by atoms with Crippen LogP contribution in [0, 0.1) is 5.92 Å². The average molecular weight is 457 g/mol. The predicted molar refractivity (Wildman–Crippen MR) is 109 cm³/mol. The molecule has 1 aliphatic heterocycles. The first-order valence-electron chi connectivity index (χ1n) is 8.71. The number of aromatic nitrogens is 1. The van der Waals surface area contributed by atoms with Crippen LogP contribution in [0.15, 0.2) is 41.3 Å². The molecule has 1 aromatic heterocycles. The Labute approximate surface area is 178 Å². The number of primary amides is 1. The van der Waals surface area contributed by atoms with Gasteiger partial charge in [0.15, 0.2) is 5.15 Å². The maximum absolute atomic E-state index is 13.0. The Morgan fingerprint density at radius 3 is 2.38 bits per heavy atom. The summed E-state index contributed by atoms with van der Waals surface area (Å²) in [4.78, 5) is 29.3. The smallest absolute Gasteiger partial charge is 0.264 e. The van der Waals surface area contributed by atoms with Crippen LogP contribution in [0.3, 0.4) is 0 Å². The summed E-state index contributed by atoms with van der Waals surface area (Å²) in [7, 11) is -4.10. The zero-order valence-electron chi connectivity index (χ0n) is 15.1. The van der Waals surface area contributed by atoms with Crippen LogP contribution < -0.4 is 10.5 Å². The standard InChI is InChI=1S/C18H18Cl2N4O4S/c19-15-6-5-14(16(20)22-15)29(27,28)23-13-4-2-1-3-12(13)18(26)24-9-7-11(8-10-24)17(21)25/h1-6,11,23H,7-10H2,(H2,21,25). The highest BCUT2D eigenvalue weighted by atomic mass is 35.5. The summed E-state index contributed by atoms with van der Waals surface area (Å²) in [6.45, 7) is 0.723. The highest BCUT2D eigenvalue weighted by molar-refractivity contribution is 7.92. The van der Waals surface area contributed by atoms with E-state index in [1.165, 1.54) is 24.3 Å². The zero-order chi connectivity index (χ0) is 21.2. The van der Waals surface area contributed by atoms with Gasteiger partial charge in [-0.25, -0.2) is 13.4 Å². The van der Waals surface area contributed by atoms with Crippen molar-refractivity contribution in [2.75, 3.05) is 17.8 Å². The Bertz CT molecular complexity index is 1050. The van der Waals surface area contributed by atoms with E-state index in [2.05, 4.69) is 9.71 Å². The molecule has 3 rings (SSSR count). The number of piperidine rings is 1. The molecule has 8 nitrogen and oxygen atoms in total. The summed E-state index contributed by atoms with van der Waals surface area (Å²) >= 11 is 11.6. The minimum Gasteiger partial charge on any atom is -0.369 e. The van der Waals surface area contributed by atoms with Crippen molar-refractivity contribution in [3.8, 4) is 0 Å². The summed E-state index contributed by atoms with van der Waals surface area (Å²) < 4.78 is 27.9. The molecular weight excluding hydrogens is 439 g/mol. The van der Waals surface area contributed by atoms with Crippen molar-refractivity contribution in [1.82, 2.24) is 9.88 Å². The van der Waals surface area contributed by atoms with Crippen molar-refractivity contribution in [2.24, 2.45) is 11.7 Å². The van der Waals surface area contributed by atoms with Crippen molar-refractivity contribution in [3.63, 3.8) is 0 Å². The summed E-state index contributed by atoms with van der Waals surface area (Å²) in [5.74, 6) is -0.974. The van der Waals surface area contributed by atoms with Crippen LogP contribution in [0.2, 0.25) is 10.3 Å². The third-order valence-corrected chi connectivity index (χ3v) is 6.66. The van der Waals surface area contributed by atoms with Crippen LogP contribution in [0.4, 0.5) is 5.69 Å². The molecule has 0 saturated carbocycles. The number of para-hydroxylation sites is 1. The molecule has 1 saturated heterocycles. The van der Waals surface area contributed by atoms with Gasteiger partial charge in [0.25, 0.3) is 15.9 Å². The van der Waals surface area contributed by atoms with E-state index in [1.54, 1.807) is 17.0 Å². The molecule has 154 valence electrons. The molecule has 0 aliphatic carbocycles. The minimum absolute atomic E-state index is 0.0592. The van der Waals surface area contributed by atoms with Gasteiger partial charge in [-0.15, -0.1) is 0 Å². The molecule has 0 atom stereocenters. The molecule has 3 N–H and O–H groups in total. The lowest BCUT2D eigenvalue weighted by Gasteiger charge is -2.31. The highest BCUT2D eigenvalue weighted by Crippen LogP contribution is 2.27. The first kappa shape index (κ1) is 21.4. The van der Waals surface area contributed by atoms with Crippen LogP contribution in [-0.4, -0.2) is 43.2 Å². The van der Waals surface area contributed by atoms with E-state index in [9.17, 15) is 18.0 Å². The minimum atomic E-state index is -4.10. The number of rotatable bonds is 5. The topological polar surface area (TPSA) is 122 Å². The zero-order valence-corrected chi connectivity index (χ0v) is 17.5. The van der Waals surface area contributed by atoms with Crippen LogP contribution in [0.5, 0.6) is 0 Å². The van der Waals surface area contributed by atoms with E-state index in [-0.39, 0.29) is 44.2 Å². The number of nitrogens with one attached hydrogen (secondary N) is 1. The van der Waals surface area contributed by atoms with Gasteiger partial charge in [-0.2, -0.15) is 0 Å². The number of carbonyl (C=O) groups is 2. The fourth-order valence-electron chi connectivity index (χ4n) is 3.10. The monoisotopic (exact) mass is 456 g/mol. The number of benzene rings is 1. The molecule has 1 fully saturated rings. The summed E-state index contributed by atoms with van der Waals surface area (Å²) in [6.07, 6.45) is 0.946. The van der Waals surface area contributed by atoms with Gasteiger partial charge in [-0.05, 0) is 37.1 Å². The van der Waals surface area contributed by atoms with Gasteiger partial charge in [-0.1, -0.05) is 35.3 Å².